The summed E-state index contributed by atoms with van der Waals surface area (Å²) in [4.78, 5) is 14.2. The Morgan fingerprint density at radius 1 is 1.04 bits per heavy atom. The highest BCUT2D eigenvalue weighted by Crippen LogP contribution is 2.24. The van der Waals surface area contributed by atoms with E-state index in [2.05, 4.69) is 47.4 Å². The van der Waals surface area contributed by atoms with Gasteiger partial charge in [-0.25, -0.2) is 4.98 Å². The van der Waals surface area contributed by atoms with Gasteiger partial charge < -0.3 is 15.1 Å². The highest BCUT2D eigenvalue weighted by atomic mass is 15.3. The molecule has 1 aromatic carbocycles. The summed E-state index contributed by atoms with van der Waals surface area (Å²) >= 11 is 0. The fourth-order valence-corrected chi connectivity index (χ4v) is 3.01. The van der Waals surface area contributed by atoms with E-state index in [0.29, 0.717) is 0 Å². The Bertz CT molecular complexity index is 632. The van der Waals surface area contributed by atoms with Crippen LogP contribution in [0, 0.1) is 0 Å². The van der Waals surface area contributed by atoms with Crippen LogP contribution in [0.25, 0.3) is 10.9 Å². The van der Waals surface area contributed by atoms with E-state index in [1.165, 1.54) is 25.7 Å². The molecule has 0 saturated carbocycles. The van der Waals surface area contributed by atoms with Crippen molar-refractivity contribution in [3.05, 3.63) is 24.3 Å². The van der Waals surface area contributed by atoms with Crippen LogP contribution in [-0.2, 0) is 0 Å². The summed E-state index contributed by atoms with van der Waals surface area (Å²) in [6.45, 7) is 4.00. The predicted molar refractivity (Wildman–Crippen MR) is 97.3 cm³/mol. The third-order valence-electron chi connectivity index (χ3n) is 4.33. The highest BCUT2D eigenvalue weighted by molar-refractivity contribution is 5.90. The molecule has 0 unspecified atom stereocenters. The predicted octanol–water partition coefficient (Wildman–Crippen LogP) is 2.98. The van der Waals surface area contributed by atoms with Gasteiger partial charge in [0.2, 0.25) is 5.95 Å². The lowest BCUT2D eigenvalue weighted by Crippen LogP contribution is -2.27. The monoisotopic (exact) mass is 313 g/mol. The standard InChI is InChI=1S/C18H27N5/c1-22(2)14-11-19-17-15-9-5-6-10-16(15)20-18(21-17)23-12-7-3-4-8-13-23/h5-6,9-10H,3-4,7-8,11-14H2,1-2H3,(H,19,20,21). The van der Waals surface area contributed by atoms with Crippen LogP contribution in [0.3, 0.4) is 0 Å². The SMILES string of the molecule is CN(C)CCNc1nc(N2CCCCCC2)nc2ccccc12. The van der Waals surface area contributed by atoms with Crippen LogP contribution in [-0.4, -0.2) is 55.1 Å². The molecular weight excluding hydrogens is 286 g/mol. The zero-order chi connectivity index (χ0) is 16.1. The first-order valence-corrected chi connectivity index (χ1v) is 8.64. The van der Waals surface area contributed by atoms with Gasteiger partial charge in [0.1, 0.15) is 5.82 Å². The van der Waals surface area contributed by atoms with Crippen molar-refractivity contribution in [3.8, 4) is 0 Å². The van der Waals surface area contributed by atoms with E-state index in [1.807, 2.05) is 6.07 Å². The summed E-state index contributed by atoms with van der Waals surface area (Å²) in [6.07, 6.45) is 5.11. The minimum atomic E-state index is 0.873. The summed E-state index contributed by atoms with van der Waals surface area (Å²) in [7, 11) is 4.17. The van der Waals surface area contributed by atoms with Crippen molar-refractivity contribution < 1.29 is 0 Å². The second-order valence-corrected chi connectivity index (χ2v) is 6.52. The van der Waals surface area contributed by atoms with E-state index >= 15 is 0 Å². The lowest BCUT2D eigenvalue weighted by molar-refractivity contribution is 0.425. The molecule has 124 valence electrons. The smallest absolute Gasteiger partial charge is 0.227 e. The van der Waals surface area contributed by atoms with Gasteiger partial charge in [0.15, 0.2) is 0 Å². The Kier molecular flexibility index (Phi) is 5.28. The number of likely N-dealkylation sites (N-methyl/N-ethyl adjacent to an activating group) is 1. The number of hydrogen-bond acceptors (Lipinski definition) is 5. The van der Waals surface area contributed by atoms with Crippen LogP contribution in [0.5, 0.6) is 0 Å². The summed E-state index contributed by atoms with van der Waals surface area (Å²) in [6, 6.07) is 8.27. The molecule has 0 aliphatic carbocycles. The fraction of sp³-hybridized carbons (Fsp3) is 0.556. The first kappa shape index (κ1) is 16.0. The molecule has 2 heterocycles. The van der Waals surface area contributed by atoms with E-state index in [-0.39, 0.29) is 0 Å². The van der Waals surface area contributed by atoms with E-state index in [1.54, 1.807) is 0 Å². The molecule has 1 aliphatic heterocycles. The topological polar surface area (TPSA) is 44.3 Å². The normalized spacial score (nSPS) is 15.9. The lowest BCUT2D eigenvalue weighted by Gasteiger charge is -2.22. The second-order valence-electron chi connectivity index (χ2n) is 6.52. The molecule has 2 aromatic rings. The van der Waals surface area contributed by atoms with Crippen molar-refractivity contribution in [3.63, 3.8) is 0 Å². The van der Waals surface area contributed by atoms with Crippen LogP contribution in [0.4, 0.5) is 11.8 Å². The molecule has 1 aliphatic rings. The molecule has 0 bridgehead atoms. The van der Waals surface area contributed by atoms with Crippen molar-refractivity contribution >= 4 is 22.7 Å². The number of nitrogens with zero attached hydrogens (tertiary/aromatic N) is 4. The molecule has 5 heteroatoms. The van der Waals surface area contributed by atoms with Crippen LogP contribution < -0.4 is 10.2 Å². The van der Waals surface area contributed by atoms with E-state index in [0.717, 1.165) is 48.8 Å². The number of anilines is 2. The molecule has 1 fully saturated rings. The number of rotatable bonds is 5. The molecule has 23 heavy (non-hydrogen) atoms. The lowest BCUT2D eigenvalue weighted by atomic mass is 10.2. The Labute approximate surface area is 138 Å². The average molecular weight is 313 g/mol. The maximum absolute atomic E-state index is 4.85. The summed E-state index contributed by atoms with van der Waals surface area (Å²) in [5.74, 6) is 1.83. The van der Waals surface area contributed by atoms with Crippen LogP contribution in [0.15, 0.2) is 24.3 Å². The summed E-state index contributed by atoms with van der Waals surface area (Å²) in [5, 5.41) is 4.60. The minimum Gasteiger partial charge on any atom is -0.368 e. The number of aromatic nitrogens is 2. The molecule has 1 aromatic heterocycles. The van der Waals surface area contributed by atoms with Gasteiger partial charge in [-0.15, -0.1) is 0 Å². The van der Waals surface area contributed by atoms with E-state index in [4.69, 9.17) is 9.97 Å². The third kappa shape index (κ3) is 4.10. The van der Waals surface area contributed by atoms with Gasteiger partial charge in [-0.05, 0) is 39.1 Å². The largest absolute Gasteiger partial charge is 0.368 e. The van der Waals surface area contributed by atoms with Crippen molar-refractivity contribution in [2.75, 3.05) is 50.5 Å². The Morgan fingerprint density at radius 3 is 2.52 bits per heavy atom. The average Bonchev–Trinajstić information content (AvgIpc) is 2.83. The molecule has 0 amide bonds. The van der Waals surface area contributed by atoms with Gasteiger partial charge in [0.25, 0.3) is 0 Å². The van der Waals surface area contributed by atoms with E-state index in [9.17, 15) is 0 Å². The van der Waals surface area contributed by atoms with Gasteiger partial charge in [0.05, 0.1) is 5.52 Å². The quantitative estimate of drug-likeness (QED) is 0.919. The molecule has 0 radical (unpaired) electrons. The van der Waals surface area contributed by atoms with Gasteiger partial charge in [-0.2, -0.15) is 4.98 Å². The minimum absolute atomic E-state index is 0.873. The van der Waals surface area contributed by atoms with Crippen LogP contribution in [0.2, 0.25) is 0 Å². The molecule has 0 spiro atoms. The maximum atomic E-state index is 4.85. The van der Waals surface area contributed by atoms with Crippen LogP contribution in [0.1, 0.15) is 25.7 Å². The zero-order valence-corrected chi connectivity index (χ0v) is 14.3. The van der Waals surface area contributed by atoms with Crippen molar-refractivity contribution in [1.82, 2.24) is 14.9 Å². The number of nitrogens with one attached hydrogen (secondary N) is 1. The molecule has 1 N–H and O–H groups in total. The molecule has 1 saturated heterocycles. The number of para-hydroxylation sites is 1. The molecule has 3 rings (SSSR count). The number of benzene rings is 1. The highest BCUT2D eigenvalue weighted by Gasteiger charge is 2.15. The maximum Gasteiger partial charge on any atom is 0.227 e. The van der Waals surface area contributed by atoms with Gasteiger partial charge in [0, 0.05) is 31.6 Å². The molecule has 5 nitrogen and oxygen atoms in total. The van der Waals surface area contributed by atoms with Crippen molar-refractivity contribution in [2.24, 2.45) is 0 Å². The Balaban J connectivity index is 1.89. The molecular formula is C18H27N5. The zero-order valence-electron chi connectivity index (χ0n) is 14.3. The third-order valence-corrected chi connectivity index (χ3v) is 4.33. The Morgan fingerprint density at radius 2 is 1.78 bits per heavy atom. The van der Waals surface area contributed by atoms with Crippen molar-refractivity contribution in [1.29, 1.82) is 0 Å². The first-order chi connectivity index (χ1) is 11.2. The second kappa shape index (κ2) is 7.59. The Hall–Kier alpha value is -1.88. The first-order valence-electron chi connectivity index (χ1n) is 8.64. The van der Waals surface area contributed by atoms with Crippen LogP contribution >= 0.6 is 0 Å². The van der Waals surface area contributed by atoms with E-state index < -0.39 is 0 Å². The molecule has 0 atom stereocenters. The summed E-state index contributed by atoms with van der Waals surface area (Å²) < 4.78 is 0. The van der Waals surface area contributed by atoms with Crippen molar-refractivity contribution in [2.45, 2.75) is 25.7 Å². The summed E-state index contributed by atoms with van der Waals surface area (Å²) in [5.41, 5.74) is 1.02. The van der Waals surface area contributed by atoms with Gasteiger partial charge >= 0.3 is 0 Å². The fourth-order valence-electron chi connectivity index (χ4n) is 3.01. The number of fused-ring (bicyclic) bond motifs is 1. The number of hydrogen-bond donors (Lipinski definition) is 1. The van der Waals surface area contributed by atoms with Gasteiger partial charge in [-0.3, -0.25) is 0 Å². The van der Waals surface area contributed by atoms with Gasteiger partial charge in [-0.1, -0.05) is 25.0 Å².